The van der Waals surface area contributed by atoms with Gasteiger partial charge < -0.3 is 10.1 Å². The van der Waals surface area contributed by atoms with Gasteiger partial charge in [0, 0.05) is 43.3 Å². The summed E-state index contributed by atoms with van der Waals surface area (Å²) in [6.45, 7) is 0. The topological polar surface area (TPSA) is 48.7 Å². The predicted molar refractivity (Wildman–Crippen MR) is 106 cm³/mol. The van der Waals surface area contributed by atoms with Gasteiger partial charge in [-0.2, -0.15) is 0 Å². The molecule has 4 nitrogen and oxygen atoms in total. The highest BCUT2D eigenvalue weighted by Gasteiger charge is 2.14. The molecule has 0 saturated carbocycles. The molecule has 0 aliphatic heterocycles. The van der Waals surface area contributed by atoms with Crippen LogP contribution in [0.15, 0.2) is 78.2 Å². The number of nitrogens with zero attached hydrogens (tertiary/aromatic N) is 3. The Hall–Kier alpha value is -3.14. The average Bonchev–Trinajstić information content (AvgIpc) is 2.69. The number of pyridine rings is 1. The summed E-state index contributed by atoms with van der Waals surface area (Å²) in [6, 6.07) is 20.4. The van der Waals surface area contributed by atoms with Gasteiger partial charge in [-0.05, 0) is 48.2 Å². The molecule has 0 fully saturated rings. The van der Waals surface area contributed by atoms with Crippen LogP contribution in [0.3, 0.4) is 0 Å². The number of benzene rings is 2. The van der Waals surface area contributed by atoms with Crippen LogP contribution in [0.1, 0.15) is 22.3 Å². The maximum atomic E-state index is 9.67. The first-order chi connectivity index (χ1) is 12.7. The second-order valence-corrected chi connectivity index (χ2v) is 6.41. The van der Waals surface area contributed by atoms with Gasteiger partial charge in [0.25, 0.3) is 0 Å². The number of rotatable bonds is 6. The third kappa shape index (κ3) is 4.09. The van der Waals surface area contributed by atoms with Crippen LogP contribution in [0.4, 0.5) is 5.69 Å². The van der Waals surface area contributed by atoms with Crippen LogP contribution in [0.5, 0.6) is 0 Å². The summed E-state index contributed by atoms with van der Waals surface area (Å²) in [5, 5.41) is 13.3. The van der Waals surface area contributed by atoms with Crippen molar-refractivity contribution in [3.05, 3.63) is 95.3 Å². The Labute approximate surface area is 154 Å². The van der Waals surface area contributed by atoms with Gasteiger partial charge in [-0.25, -0.2) is 0 Å². The number of aromatic nitrogens is 1. The molecule has 3 rings (SSSR count). The molecule has 0 spiro atoms. The monoisotopic (exact) mass is 345 g/mol. The van der Waals surface area contributed by atoms with Crippen molar-refractivity contribution in [1.82, 2.24) is 4.98 Å². The van der Waals surface area contributed by atoms with Gasteiger partial charge in [0.1, 0.15) is 5.71 Å². The highest BCUT2D eigenvalue weighted by molar-refractivity contribution is 6.13. The molecule has 1 aromatic heterocycles. The third-order valence-corrected chi connectivity index (χ3v) is 4.42. The van der Waals surface area contributed by atoms with Crippen LogP contribution in [0, 0.1) is 0 Å². The lowest BCUT2D eigenvalue weighted by Crippen LogP contribution is -2.12. The molecule has 0 atom stereocenters. The van der Waals surface area contributed by atoms with E-state index in [4.69, 9.17) is 0 Å². The van der Waals surface area contributed by atoms with Gasteiger partial charge in [0.05, 0.1) is 0 Å². The molecule has 3 aromatic rings. The SMILES string of the molecule is CN(C)c1ccc(C(=NO)c2cccnc2)c(CCc2ccccc2)c1. The average molecular weight is 345 g/mol. The van der Waals surface area contributed by atoms with Gasteiger partial charge in [-0.3, -0.25) is 4.98 Å². The summed E-state index contributed by atoms with van der Waals surface area (Å²) in [5.74, 6) is 0. The van der Waals surface area contributed by atoms with E-state index in [0.29, 0.717) is 5.71 Å². The minimum atomic E-state index is 0.548. The van der Waals surface area contributed by atoms with E-state index in [-0.39, 0.29) is 0 Å². The van der Waals surface area contributed by atoms with E-state index in [9.17, 15) is 5.21 Å². The lowest BCUT2D eigenvalue weighted by Gasteiger charge is -2.17. The van der Waals surface area contributed by atoms with Crippen molar-refractivity contribution < 1.29 is 5.21 Å². The summed E-state index contributed by atoms with van der Waals surface area (Å²) in [4.78, 5) is 6.23. The van der Waals surface area contributed by atoms with Crippen molar-refractivity contribution in [2.75, 3.05) is 19.0 Å². The Morgan fingerprint density at radius 1 is 1.00 bits per heavy atom. The smallest absolute Gasteiger partial charge is 0.118 e. The van der Waals surface area contributed by atoms with E-state index < -0.39 is 0 Å². The minimum absolute atomic E-state index is 0.548. The fraction of sp³-hybridized carbons (Fsp3) is 0.182. The number of hydrogen-bond donors (Lipinski definition) is 1. The van der Waals surface area contributed by atoms with Gasteiger partial charge in [0.15, 0.2) is 0 Å². The molecule has 4 heteroatoms. The Bertz CT molecular complexity index is 874. The van der Waals surface area contributed by atoms with Crippen LogP contribution >= 0.6 is 0 Å². The largest absolute Gasteiger partial charge is 0.410 e. The maximum absolute atomic E-state index is 9.67. The molecule has 0 unspecified atom stereocenters. The number of oxime groups is 1. The number of anilines is 1. The Balaban J connectivity index is 1.98. The fourth-order valence-corrected chi connectivity index (χ4v) is 2.99. The quantitative estimate of drug-likeness (QED) is 0.415. The molecular formula is C22H23N3O. The Morgan fingerprint density at radius 3 is 2.46 bits per heavy atom. The van der Waals surface area contributed by atoms with Crippen molar-refractivity contribution in [3.63, 3.8) is 0 Å². The molecule has 0 amide bonds. The lowest BCUT2D eigenvalue weighted by atomic mass is 9.93. The zero-order valence-corrected chi connectivity index (χ0v) is 15.1. The molecule has 1 heterocycles. The van der Waals surface area contributed by atoms with Crippen molar-refractivity contribution in [3.8, 4) is 0 Å². The molecule has 2 aromatic carbocycles. The second-order valence-electron chi connectivity index (χ2n) is 6.41. The van der Waals surface area contributed by atoms with Crippen LogP contribution < -0.4 is 4.90 Å². The molecule has 132 valence electrons. The van der Waals surface area contributed by atoms with Crippen molar-refractivity contribution >= 4 is 11.4 Å². The van der Waals surface area contributed by atoms with E-state index in [0.717, 1.165) is 35.2 Å². The Kier molecular flexibility index (Phi) is 5.64. The molecule has 26 heavy (non-hydrogen) atoms. The molecule has 1 N–H and O–H groups in total. The predicted octanol–water partition coefficient (Wildman–Crippen LogP) is 4.16. The van der Waals surface area contributed by atoms with Gasteiger partial charge in [0.2, 0.25) is 0 Å². The van der Waals surface area contributed by atoms with E-state index in [2.05, 4.69) is 45.4 Å². The van der Waals surface area contributed by atoms with E-state index in [1.165, 1.54) is 5.56 Å². The van der Waals surface area contributed by atoms with Gasteiger partial charge >= 0.3 is 0 Å². The Morgan fingerprint density at radius 2 is 1.81 bits per heavy atom. The fourth-order valence-electron chi connectivity index (χ4n) is 2.99. The normalized spacial score (nSPS) is 11.4. The zero-order valence-electron chi connectivity index (χ0n) is 15.1. The highest BCUT2D eigenvalue weighted by atomic mass is 16.4. The van der Waals surface area contributed by atoms with Crippen LogP contribution in [-0.4, -0.2) is 30.0 Å². The maximum Gasteiger partial charge on any atom is 0.118 e. The van der Waals surface area contributed by atoms with Crippen LogP contribution in [0.2, 0.25) is 0 Å². The molecule has 0 bridgehead atoms. The number of aryl methyl sites for hydroxylation is 2. The second kappa shape index (κ2) is 8.30. The summed E-state index contributed by atoms with van der Waals surface area (Å²) < 4.78 is 0. The van der Waals surface area contributed by atoms with Gasteiger partial charge in [-0.15, -0.1) is 0 Å². The van der Waals surface area contributed by atoms with Gasteiger partial charge in [-0.1, -0.05) is 41.6 Å². The first-order valence-corrected chi connectivity index (χ1v) is 8.66. The first kappa shape index (κ1) is 17.7. The van der Waals surface area contributed by atoms with Crippen molar-refractivity contribution in [1.29, 1.82) is 0 Å². The summed E-state index contributed by atoms with van der Waals surface area (Å²) in [5.41, 5.74) is 5.84. The molecule has 0 saturated heterocycles. The summed E-state index contributed by atoms with van der Waals surface area (Å²) in [7, 11) is 4.05. The summed E-state index contributed by atoms with van der Waals surface area (Å²) >= 11 is 0. The van der Waals surface area contributed by atoms with Crippen LogP contribution in [0.25, 0.3) is 0 Å². The van der Waals surface area contributed by atoms with E-state index in [1.54, 1.807) is 12.4 Å². The van der Waals surface area contributed by atoms with Crippen molar-refractivity contribution in [2.24, 2.45) is 5.16 Å². The first-order valence-electron chi connectivity index (χ1n) is 8.66. The molecule has 0 aliphatic rings. The van der Waals surface area contributed by atoms with E-state index in [1.807, 2.05) is 44.4 Å². The summed E-state index contributed by atoms with van der Waals surface area (Å²) in [6.07, 6.45) is 5.22. The van der Waals surface area contributed by atoms with Crippen LogP contribution in [-0.2, 0) is 12.8 Å². The standard InChI is InChI=1S/C22H23N3O/c1-25(2)20-12-13-21(22(24-26)19-9-6-14-23-16-19)18(15-20)11-10-17-7-4-3-5-8-17/h3-9,12-16,26H,10-11H2,1-2H3. The lowest BCUT2D eigenvalue weighted by molar-refractivity contribution is 0.319. The van der Waals surface area contributed by atoms with E-state index >= 15 is 0 Å². The van der Waals surface area contributed by atoms with Crippen molar-refractivity contribution in [2.45, 2.75) is 12.8 Å². The molecular weight excluding hydrogens is 322 g/mol. The molecule has 0 radical (unpaired) electrons. The molecule has 0 aliphatic carbocycles. The number of hydrogen-bond acceptors (Lipinski definition) is 4. The minimum Gasteiger partial charge on any atom is -0.410 e. The third-order valence-electron chi connectivity index (χ3n) is 4.42. The zero-order chi connectivity index (χ0) is 18.4. The highest BCUT2D eigenvalue weighted by Crippen LogP contribution is 2.23.